The summed E-state index contributed by atoms with van der Waals surface area (Å²) in [5.41, 5.74) is 1.52. The van der Waals surface area contributed by atoms with E-state index in [1.165, 1.54) is 6.21 Å². The molecule has 1 rings (SSSR count). The van der Waals surface area contributed by atoms with Crippen molar-refractivity contribution in [1.82, 2.24) is 0 Å². The van der Waals surface area contributed by atoms with E-state index in [1.807, 2.05) is 6.92 Å². The number of aliphatic hydroxyl groups is 1. The number of nitrogens with zero attached hydrogens (tertiary/aromatic N) is 1. The summed E-state index contributed by atoms with van der Waals surface area (Å²) in [6.07, 6.45) is 1.34. The first kappa shape index (κ1) is 8.74. The molecule has 0 unspecified atom stereocenters. The molecule has 0 bridgehead atoms. The van der Waals surface area contributed by atoms with E-state index in [0.29, 0.717) is 5.69 Å². The predicted octanol–water partition coefficient (Wildman–Crippen LogP) is 1.40. The lowest BCUT2D eigenvalue weighted by Gasteiger charge is -1.98. The van der Waals surface area contributed by atoms with Crippen molar-refractivity contribution in [2.75, 3.05) is 6.61 Å². The highest BCUT2D eigenvalue weighted by Crippen LogP contribution is 2.26. The molecule has 0 spiro atoms. The van der Waals surface area contributed by atoms with Crippen LogP contribution in [0.1, 0.15) is 5.56 Å². The zero-order chi connectivity index (χ0) is 8.97. The standard InChI is InChI=1S/C9H11NO2/c1-7-2-3-9(12)8(6-7)10-4-5-11/h2-4,6,11-12H,5H2,1H3. The Morgan fingerprint density at radius 1 is 1.50 bits per heavy atom. The largest absolute Gasteiger partial charge is 0.506 e. The topological polar surface area (TPSA) is 52.8 Å². The van der Waals surface area contributed by atoms with Gasteiger partial charge in [0.15, 0.2) is 0 Å². The van der Waals surface area contributed by atoms with Crippen LogP contribution in [0.25, 0.3) is 0 Å². The van der Waals surface area contributed by atoms with E-state index >= 15 is 0 Å². The molecule has 0 saturated carbocycles. The fraction of sp³-hybridized carbons (Fsp3) is 0.222. The summed E-state index contributed by atoms with van der Waals surface area (Å²) in [5, 5.41) is 17.7. The van der Waals surface area contributed by atoms with Gasteiger partial charge in [-0.3, -0.25) is 4.99 Å². The minimum atomic E-state index is -0.118. The quantitative estimate of drug-likeness (QED) is 0.651. The molecule has 3 heteroatoms. The highest BCUT2D eigenvalue weighted by Gasteiger charge is 1.96. The lowest BCUT2D eigenvalue weighted by molar-refractivity contribution is 0.361. The first-order valence-electron chi connectivity index (χ1n) is 3.67. The minimum Gasteiger partial charge on any atom is -0.506 e. The number of aliphatic hydroxyl groups excluding tert-OH is 1. The summed E-state index contributed by atoms with van der Waals surface area (Å²) < 4.78 is 0. The molecule has 0 saturated heterocycles. The van der Waals surface area contributed by atoms with Crippen molar-refractivity contribution < 1.29 is 10.2 Å². The highest BCUT2D eigenvalue weighted by atomic mass is 16.3. The van der Waals surface area contributed by atoms with E-state index in [4.69, 9.17) is 5.11 Å². The van der Waals surface area contributed by atoms with Gasteiger partial charge in [0.05, 0.1) is 6.61 Å². The van der Waals surface area contributed by atoms with Crippen LogP contribution < -0.4 is 0 Å². The molecule has 0 aromatic heterocycles. The Balaban J connectivity index is 2.97. The Labute approximate surface area is 71.0 Å². The van der Waals surface area contributed by atoms with E-state index in [9.17, 15) is 5.11 Å². The second kappa shape index (κ2) is 3.88. The lowest BCUT2D eigenvalue weighted by atomic mass is 10.2. The molecular formula is C9H11NO2. The molecule has 0 atom stereocenters. The fourth-order valence-corrected chi connectivity index (χ4v) is 0.876. The van der Waals surface area contributed by atoms with Crippen molar-refractivity contribution in [3.8, 4) is 5.75 Å². The fourth-order valence-electron chi connectivity index (χ4n) is 0.876. The van der Waals surface area contributed by atoms with Crippen LogP contribution in [0.2, 0.25) is 0 Å². The van der Waals surface area contributed by atoms with Crippen molar-refractivity contribution >= 4 is 11.9 Å². The number of hydrogen-bond acceptors (Lipinski definition) is 3. The summed E-state index contributed by atoms with van der Waals surface area (Å²) in [7, 11) is 0. The number of aryl methyl sites for hydroxylation is 1. The molecule has 0 aliphatic carbocycles. The van der Waals surface area contributed by atoms with E-state index in [1.54, 1.807) is 18.2 Å². The summed E-state index contributed by atoms with van der Waals surface area (Å²) >= 11 is 0. The van der Waals surface area contributed by atoms with Gasteiger partial charge in [0.25, 0.3) is 0 Å². The highest BCUT2D eigenvalue weighted by molar-refractivity contribution is 5.67. The molecule has 3 nitrogen and oxygen atoms in total. The third-order valence-electron chi connectivity index (χ3n) is 1.44. The number of phenolic OH excluding ortho intramolecular Hbond substituents is 1. The van der Waals surface area contributed by atoms with Crippen LogP contribution in [-0.4, -0.2) is 23.0 Å². The van der Waals surface area contributed by atoms with Gasteiger partial charge in [-0.2, -0.15) is 0 Å². The number of rotatable bonds is 2. The average Bonchev–Trinajstić information content (AvgIpc) is 2.07. The first-order valence-corrected chi connectivity index (χ1v) is 3.67. The van der Waals surface area contributed by atoms with E-state index in [2.05, 4.69) is 4.99 Å². The van der Waals surface area contributed by atoms with E-state index < -0.39 is 0 Å². The van der Waals surface area contributed by atoms with Crippen molar-refractivity contribution in [2.45, 2.75) is 6.92 Å². The molecule has 12 heavy (non-hydrogen) atoms. The predicted molar refractivity (Wildman–Crippen MR) is 48.1 cm³/mol. The smallest absolute Gasteiger partial charge is 0.141 e. The van der Waals surface area contributed by atoms with Crippen molar-refractivity contribution in [3.63, 3.8) is 0 Å². The molecule has 1 aromatic carbocycles. The second-order valence-corrected chi connectivity index (χ2v) is 2.49. The number of aliphatic imine (C=N–C) groups is 1. The van der Waals surface area contributed by atoms with Crippen LogP contribution in [0.4, 0.5) is 5.69 Å². The van der Waals surface area contributed by atoms with Gasteiger partial charge in [-0.15, -0.1) is 0 Å². The van der Waals surface area contributed by atoms with Gasteiger partial charge in [0.2, 0.25) is 0 Å². The maximum absolute atomic E-state index is 9.27. The molecule has 64 valence electrons. The van der Waals surface area contributed by atoms with E-state index in [0.717, 1.165) is 5.56 Å². The number of hydrogen-bond donors (Lipinski definition) is 2. The Hall–Kier alpha value is -1.35. The Bertz CT molecular complexity index is 295. The maximum atomic E-state index is 9.27. The monoisotopic (exact) mass is 165 g/mol. The lowest BCUT2D eigenvalue weighted by Crippen LogP contribution is -1.80. The third-order valence-corrected chi connectivity index (χ3v) is 1.44. The molecule has 0 aliphatic rings. The second-order valence-electron chi connectivity index (χ2n) is 2.49. The van der Waals surface area contributed by atoms with Gasteiger partial charge >= 0.3 is 0 Å². The molecule has 0 aliphatic heterocycles. The first-order chi connectivity index (χ1) is 5.74. The zero-order valence-corrected chi connectivity index (χ0v) is 6.86. The van der Waals surface area contributed by atoms with Crippen molar-refractivity contribution in [3.05, 3.63) is 23.8 Å². The Morgan fingerprint density at radius 3 is 2.92 bits per heavy atom. The number of benzene rings is 1. The van der Waals surface area contributed by atoms with Crippen LogP contribution in [0.3, 0.4) is 0 Å². The molecule has 1 aromatic rings. The van der Waals surface area contributed by atoms with Crippen molar-refractivity contribution in [1.29, 1.82) is 0 Å². The van der Waals surface area contributed by atoms with Gasteiger partial charge in [0.1, 0.15) is 11.4 Å². The number of aromatic hydroxyl groups is 1. The third kappa shape index (κ3) is 2.07. The van der Waals surface area contributed by atoms with Gasteiger partial charge in [-0.05, 0) is 24.6 Å². The van der Waals surface area contributed by atoms with Crippen LogP contribution in [0.5, 0.6) is 5.75 Å². The number of phenols is 1. The van der Waals surface area contributed by atoms with Gasteiger partial charge < -0.3 is 10.2 Å². The van der Waals surface area contributed by atoms with Crippen LogP contribution in [0.15, 0.2) is 23.2 Å². The maximum Gasteiger partial charge on any atom is 0.141 e. The van der Waals surface area contributed by atoms with Gasteiger partial charge in [-0.1, -0.05) is 6.07 Å². The SMILES string of the molecule is Cc1ccc(O)c(N=CCO)c1. The summed E-state index contributed by atoms with van der Waals surface area (Å²) in [4.78, 5) is 3.86. The molecule has 0 heterocycles. The molecular weight excluding hydrogens is 154 g/mol. The minimum absolute atomic E-state index is 0.118. The van der Waals surface area contributed by atoms with Crippen LogP contribution >= 0.6 is 0 Å². The summed E-state index contributed by atoms with van der Waals surface area (Å²) in [6.45, 7) is 1.80. The molecule has 2 N–H and O–H groups in total. The summed E-state index contributed by atoms with van der Waals surface area (Å²) in [5.74, 6) is 0.130. The Morgan fingerprint density at radius 2 is 2.25 bits per heavy atom. The van der Waals surface area contributed by atoms with E-state index in [-0.39, 0.29) is 12.4 Å². The normalized spacial score (nSPS) is 10.8. The van der Waals surface area contributed by atoms with Gasteiger partial charge in [0, 0.05) is 6.21 Å². The van der Waals surface area contributed by atoms with Gasteiger partial charge in [-0.25, -0.2) is 0 Å². The van der Waals surface area contributed by atoms with Crippen molar-refractivity contribution in [2.24, 2.45) is 4.99 Å². The molecule has 0 amide bonds. The summed E-state index contributed by atoms with van der Waals surface area (Å²) in [6, 6.07) is 5.13. The molecule has 0 fully saturated rings. The Kier molecular flexibility index (Phi) is 2.82. The van der Waals surface area contributed by atoms with Crippen LogP contribution in [-0.2, 0) is 0 Å². The zero-order valence-electron chi connectivity index (χ0n) is 6.86. The average molecular weight is 165 g/mol. The van der Waals surface area contributed by atoms with Crippen LogP contribution in [0, 0.1) is 6.92 Å². The molecule has 0 radical (unpaired) electrons.